The van der Waals surface area contributed by atoms with E-state index in [4.69, 9.17) is 0 Å². The van der Waals surface area contributed by atoms with Gasteiger partial charge in [-0.3, -0.25) is 9.00 Å². The van der Waals surface area contributed by atoms with Crippen LogP contribution in [0, 0.1) is 0 Å². The van der Waals surface area contributed by atoms with Gasteiger partial charge in [0.1, 0.15) is 0 Å². The Hall–Kier alpha value is -0.420. The second-order valence-electron chi connectivity index (χ2n) is 4.94. The summed E-state index contributed by atoms with van der Waals surface area (Å²) in [5.74, 6) is 1.81. The summed E-state index contributed by atoms with van der Waals surface area (Å²) in [6, 6.07) is 0.390. The first-order valence-electron chi connectivity index (χ1n) is 6.62. The molecule has 1 amide bonds. The van der Waals surface area contributed by atoms with Crippen molar-refractivity contribution >= 4 is 16.7 Å². The van der Waals surface area contributed by atoms with Gasteiger partial charge in [0.2, 0.25) is 5.91 Å². The Bertz CT molecular complexity index is 280. The largest absolute Gasteiger partial charge is 0.342 e. The van der Waals surface area contributed by atoms with Gasteiger partial charge in [-0.15, -0.1) is 0 Å². The molecule has 0 radical (unpaired) electrons. The van der Waals surface area contributed by atoms with Crippen molar-refractivity contribution in [2.45, 2.75) is 38.1 Å². The highest BCUT2D eigenvalue weighted by Crippen LogP contribution is 2.10. The molecule has 0 unspecified atom stereocenters. The number of piperidine rings is 1. The van der Waals surface area contributed by atoms with Gasteiger partial charge in [0.05, 0.1) is 6.54 Å². The maximum Gasteiger partial charge on any atom is 0.236 e. The number of amides is 1. The Kier molecular flexibility index (Phi) is 4.98. The molecule has 4 nitrogen and oxygen atoms in total. The number of likely N-dealkylation sites (tertiary alicyclic amines) is 1. The van der Waals surface area contributed by atoms with E-state index in [1.165, 1.54) is 6.42 Å². The van der Waals surface area contributed by atoms with Crippen molar-refractivity contribution in [2.24, 2.45) is 0 Å². The van der Waals surface area contributed by atoms with E-state index in [1.54, 1.807) is 0 Å². The van der Waals surface area contributed by atoms with Crippen molar-refractivity contribution in [1.82, 2.24) is 10.2 Å². The number of hydrogen-bond acceptors (Lipinski definition) is 3. The normalized spacial score (nSPS) is 30.2. The summed E-state index contributed by atoms with van der Waals surface area (Å²) < 4.78 is 11.2. The third kappa shape index (κ3) is 4.07. The Balaban J connectivity index is 1.67. The van der Waals surface area contributed by atoms with E-state index in [1.807, 2.05) is 4.90 Å². The molecule has 2 rings (SSSR count). The molecule has 2 fully saturated rings. The zero-order valence-corrected chi connectivity index (χ0v) is 11.1. The summed E-state index contributed by atoms with van der Waals surface area (Å²) in [4.78, 5) is 13.9. The standard InChI is InChI=1S/C12H22N2O2S/c15-12(14-6-2-1-3-7-14)10-13-11-4-8-17(16)9-5-11/h11,13H,1-10H2. The molecule has 98 valence electrons. The van der Waals surface area contributed by atoms with Crippen LogP contribution in [0.3, 0.4) is 0 Å². The molecule has 5 heteroatoms. The highest BCUT2D eigenvalue weighted by molar-refractivity contribution is 7.85. The minimum atomic E-state index is -0.615. The van der Waals surface area contributed by atoms with Crippen molar-refractivity contribution < 1.29 is 9.00 Å². The second-order valence-corrected chi connectivity index (χ2v) is 6.64. The van der Waals surface area contributed by atoms with Gasteiger partial charge < -0.3 is 10.2 Å². The molecule has 2 heterocycles. The van der Waals surface area contributed by atoms with Crippen LogP contribution >= 0.6 is 0 Å². The fourth-order valence-electron chi connectivity index (χ4n) is 2.48. The van der Waals surface area contributed by atoms with Gasteiger partial charge in [0, 0.05) is 41.4 Å². The lowest BCUT2D eigenvalue weighted by Gasteiger charge is -2.28. The molecule has 2 aliphatic heterocycles. The van der Waals surface area contributed by atoms with E-state index >= 15 is 0 Å². The van der Waals surface area contributed by atoms with Gasteiger partial charge >= 0.3 is 0 Å². The zero-order chi connectivity index (χ0) is 12.1. The van der Waals surface area contributed by atoms with Gasteiger partial charge in [-0.1, -0.05) is 0 Å². The summed E-state index contributed by atoms with van der Waals surface area (Å²) in [7, 11) is -0.615. The molecule has 0 aromatic carbocycles. The van der Waals surface area contributed by atoms with Crippen molar-refractivity contribution in [3.05, 3.63) is 0 Å². The van der Waals surface area contributed by atoms with Crippen LogP contribution in [0.4, 0.5) is 0 Å². The molecule has 0 aliphatic carbocycles. The second kappa shape index (κ2) is 6.50. The van der Waals surface area contributed by atoms with Crippen LogP contribution in [0.2, 0.25) is 0 Å². The van der Waals surface area contributed by atoms with Crippen LogP contribution in [0.15, 0.2) is 0 Å². The van der Waals surface area contributed by atoms with Crippen LogP contribution < -0.4 is 5.32 Å². The van der Waals surface area contributed by atoms with E-state index in [2.05, 4.69) is 5.32 Å². The number of carbonyl (C=O) groups excluding carboxylic acids is 1. The average Bonchev–Trinajstić information content (AvgIpc) is 2.39. The summed E-state index contributed by atoms with van der Waals surface area (Å²) in [5, 5.41) is 3.31. The minimum absolute atomic E-state index is 0.233. The highest BCUT2D eigenvalue weighted by atomic mass is 32.2. The molecule has 0 saturated carbocycles. The number of nitrogens with one attached hydrogen (secondary N) is 1. The van der Waals surface area contributed by atoms with Crippen LogP contribution in [0.1, 0.15) is 32.1 Å². The molecule has 0 aromatic heterocycles. The molecule has 0 spiro atoms. The van der Waals surface area contributed by atoms with Gasteiger partial charge in [0.25, 0.3) is 0 Å². The third-order valence-electron chi connectivity index (χ3n) is 3.64. The predicted octanol–water partition coefficient (Wildman–Crippen LogP) is 0.500. The number of carbonyl (C=O) groups is 1. The maximum absolute atomic E-state index is 11.9. The van der Waals surface area contributed by atoms with Gasteiger partial charge in [-0.05, 0) is 32.1 Å². The van der Waals surface area contributed by atoms with Gasteiger partial charge in [-0.2, -0.15) is 0 Å². The summed E-state index contributed by atoms with van der Waals surface area (Å²) in [6.07, 6.45) is 5.44. The molecule has 17 heavy (non-hydrogen) atoms. The van der Waals surface area contributed by atoms with E-state index in [0.29, 0.717) is 12.6 Å². The molecule has 2 saturated heterocycles. The monoisotopic (exact) mass is 258 g/mol. The van der Waals surface area contributed by atoms with Crippen LogP contribution in [-0.4, -0.2) is 52.2 Å². The lowest BCUT2D eigenvalue weighted by Crippen LogP contribution is -2.45. The predicted molar refractivity (Wildman–Crippen MR) is 69.3 cm³/mol. The molecule has 0 atom stereocenters. The van der Waals surface area contributed by atoms with Crippen LogP contribution in [0.25, 0.3) is 0 Å². The first-order chi connectivity index (χ1) is 8.25. The topological polar surface area (TPSA) is 49.4 Å². The quantitative estimate of drug-likeness (QED) is 0.802. The lowest BCUT2D eigenvalue weighted by atomic mass is 10.1. The molecular weight excluding hydrogens is 236 g/mol. The number of rotatable bonds is 3. The first kappa shape index (κ1) is 13.0. The van der Waals surface area contributed by atoms with Gasteiger partial charge in [-0.25, -0.2) is 0 Å². The maximum atomic E-state index is 11.9. The summed E-state index contributed by atoms with van der Waals surface area (Å²) >= 11 is 0. The summed E-state index contributed by atoms with van der Waals surface area (Å²) in [6.45, 7) is 2.31. The molecular formula is C12H22N2O2S. The lowest BCUT2D eigenvalue weighted by molar-refractivity contribution is -0.131. The Labute approximate surface area is 106 Å². The molecule has 2 aliphatic rings. The zero-order valence-electron chi connectivity index (χ0n) is 10.3. The van der Waals surface area contributed by atoms with Crippen molar-refractivity contribution in [3.8, 4) is 0 Å². The summed E-state index contributed by atoms with van der Waals surface area (Å²) in [5.41, 5.74) is 0. The van der Waals surface area contributed by atoms with E-state index < -0.39 is 10.8 Å². The molecule has 0 aromatic rings. The number of hydrogen-bond donors (Lipinski definition) is 1. The van der Waals surface area contributed by atoms with Crippen molar-refractivity contribution in [3.63, 3.8) is 0 Å². The Morgan fingerprint density at radius 2 is 1.82 bits per heavy atom. The van der Waals surface area contributed by atoms with Crippen LogP contribution in [0.5, 0.6) is 0 Å². The van der Waals surface area contributed by atoms with Crippen LogP contribution in [-0.2, 0) is 15.6 Å². The smallest absolute Gasteiger partial charge is 0.236 e. The SMILES string of the molecule is O=C(CNC1CCS(=O)CC1)N1CCCCC1. The minimum Gasteiger partial charge on any atom is -0.342 e. The number of nitrogens with zero attached hydrogens (tertiary/aromatic N) is 1. The van der Waals surface area contributed by atoms with E-state index in [9.17, 15) is 9.00 Å². The highest BCUT2D eigenvalue weighted by Gasteiger charge is 2.20. The molecule has 0 bridgehead atoms. The van der Waals surface area contributed by atoms with E-state index in [0.717, 1.165) is 50.3 Å². The Morgan fingerprint density at radius 1 is 1.18 bits per heavy atom. The average molecular weight is 258 g/mol. The first-order valence-corrected chi connectivity index (χ1v) is 8.10. The third-order valence-corrected chi connectivity index (χ3v) is 5.02. The van der Waals surface area contributed by atoms with Gasteiger partial charge in [0.15, 0.2) is 0 Å². The fraction of sp³-hybridized carbons (Fsp3) is 0.917. The Morgan fingerprint density at radius 3 is 2.47 bits per heavy atom. The molecule has 1 N–H and O–H groups in total. The van der Waals surface area contributed by atoms with Crippen molar-refractivity contribution in [1.29, 1.82) is 0 Å². The van der Waals surface area contributed by atoms with E-state index in [-0.39, 0.29) is 5.91 Å². The fourth-order valence-corrected chi connectivity index (χ4v) is 3.78. The van der Waals surface area contributed by atoms with Crippen molar-refractivity contribution in [2.75, 3.05) is 31.1 Å².